The minimum absolute atomic E-state index is 0.500. The molecule has 0 radical (unpaired) electrons. The molecule has 0 aromatic rings. The lowest BCUT2D eigenvalue weighted by Crippen LogP contribution is -2.39. The smallest absolute Gasteiger partial charge is 0.169 e. The molecule has 0 spiro atoms. The molecular weight excluding hydrogens is 981 g/mol. The zero-order valence-electron chi connectivity index (χ0n) is 53.7. The average molecular weight is 1120 g/mol. The van der Waals surface area contributed by atoms with Crippen LogP contribution in [0.1, 0.15) is 228 Å². The highest BCUT2D eigenvalue weighted by Gasteiger charge is 1.97. The monoisotopic (exact) mass is 1120 g/mol. The highest BCUT2D eigenvalue weighted by molar-refractivity contribution is 8.16. The summed E-state index contributed by atoms with van der Waals surface area (Å²) in [5.74, 6) is 4.06. The molecule has 0 aromatic heterocycles. The quantitative estimate of drug-likeness (QED) is 0.185. The van der Waals surface area contributed by atoms with Crippen LogP contribution in [0.2, 0.25) is 0 Å². The molecule has 0 aromatic carbocycles. The van der Waals surface area contributed by atoms with Crippen LogP contribution in [-0.4, -0.2) is 159 Å². The molecule has 1 aliphatic carbocycles. The summed E-state index contributed by atoms with van der Waals surface area (Å²) in [6.07, 6.45) is 24.3. The van der Waals surface area contributed by atoms with Gasteiger partial charge in [-0.2, -0.15) is 23.5 Å². The third-order valence-corrected chi connectivity index (χ3v) is 11.3. The molecule has 0 amide bonds. The highest BCUT2D eigenvalue weighted by atomic mass is 32.2. The molecule has 0 atom stereocenters. The molecule has 15 heteroatoms. The van der Waals surface area contributed by atoms with Crippen molar-refractivity contribution >= 4 is 59.8 Å². The van der Waals surface area contributed by atoms with E-state index in [0.717, 1.165) is 98.2 Å². The third-order valence-electron chi connectivity index (χ3n) is 8.03. The van der Waals surface area contributed by atoms with Crippen molar-refractivity contribution in [3.63, 3.8) is 0 Å². The first kappa shape index (κ1) is 95.4. The first-order valence-corrected chi connectivity index (χ1v) is 34.3. The molecule has 0 bridgehead atoms. The van der Waals surface area contributed by atoms with Gasteiger partial charge in [-0.15, -0.1) is 11.8 Å². The van der Waals surface area contributed by atoms with Crippen molar-refractivity contribution in [2.45, 2.75) is 228 Å². The number of rotatable bonds is 0. The van der Waals surface area contributed by atoms with Crippen LogP contribution in [-0.2, 0) is 18.9 Å². The second-order valence-electron chi connectivity index (χ2n) is 13.0. The predicted molar refractivity (Wildman–Crippen MR) is 354 cm³/mol. The van der Waals surface area contributed by atoms with E-state index in [4.69, 9.17) is 18.9 Å². The molecule has 456 valence electrons. The Bertz CT molecular complexity index is 606. The zero-order valence-corrected chi connectivity index (χ0v) is 56.2. The second-order valence-corrected chi connectivity index (χ2v) is 16.5. The minimum Gasteiger partial charge on any atom is -0.483 e. The maximum atomic E-state index is 4.92. The van der Waals surface area contributed by atoms with Crippen molar-refractivity contribution in [2.24, 2.45) is 20.0 Å². The average Bonchev–Trinajstić information content (AvgIpc) is 3.59. The topological polar surface area (TPSA) is 134 Å². The molecule has 74 heavy (non-hydrogen) atoms. The summed E-state index contributed by atoms with van der Waals surface area (Å²) in [4.78, 5) is 15.7. The number of aliphatic imine (C=N–C) groups is 4. The number of nitrogens with one attached hydrogen (secondary N) is 4. The fraction of sp³-hybridized carbons (Fsp3) is 0.932. The Labute approximate surface area is 480 Å². The Hall–Kier alpha value is -0.910. The standard InChI is InChI=1S/C6H12.C5H11N.C4H10N2.C4H8N2.2C4H7NO.C4H7NS.C4H8O2.C4H8S2.10C2H6/c2*1-2-4-6-5-3-1;1-2-6-4-3-5-1;1-2-5-4-6-3-1;1-3-6-4-2-5-1;4*1-2-5-4-6-3-1;10*1-2/h1-6H2;6H,1-5H2;5-6H,1-4H2;4H,1-3H2,(H,5,6);1H,2-4H2;2*4H,1-3H2;2*1-4H2;10*1-2H3. The van der Waals surface area contributed by atoms with E-state index in [1.807, 2.05) is 144 Å². The molecule has 9 rings (SSSR count). The Morgan fingerprint density at radius 1 is 0.365 bits per heavy atom. The van der Waals surface area contributed by atoms with Gasteiger partial charge in [-0.25, -0.2) is 0 Å². The summed E-state index contributed by atoms with van der Waals surface area (Å²) in [6, 6.07) is 0. The Balaban J connectivity index is -0.0000000746. The Kier molecular flexibility index (Phi) is 167. The summed E-state index contributed by atoms with van der Waals surface area (Å²) in [5.41, 5.74) is 1.93. The zero-order chi connectivity index (χ0) is 58.2. The SMILES string of the molecule is C1=NCCCN1.C1=NCCCO1.C1=NCCCS1.C1=NCCOC1.C1CCCCC1.C1CCNCC1.C1CNCCN1.C1COCOC1.C1CSCSC1.CC.CC.CC.CC.CC.CC.CC.CC.CC.CC. The molecular formula is C59H138N8O4S3. The van der Waals surface area contributed by atoms with E-state index in [-0.39, 0.29) is 0 Å². The van der Waals surface area contributed by atoms with E-state index >= 15 is 0 Å². The van der Waals surface area contributed by atoms with Gasteiger partial charge in [0.15, 0.2) is 6.40 Å². The second kappa shape index (κ2) is 129. The molecule has 4 N–H and O–H groups in total. The van der Waals surface area contributed by atoms with Gasteiger partial charge in [0.25, 0.3) is 0 Å². The van der Waals surface area contributed by atoms with E-state index in [0.29, 0.717) is 13.4 Å². The fourth-order valence-corrected chi connectivity index (χ4v) is 7.91. The lowest BCUT2D eigenvalue weighted by atomic mass is 10.0. The largest absolute Gasteiger partial charge is 0.483 e. The van der Waals surface area contributed by atoms with Crippen LogP contribution in [0.3, 0.4) is 0 Å². The molecule has 8 aliphatic heterocycles. The number of piperidine rings is 1. The predicted octanol–water partition coefficient (Wildman–Crippen LogP) is 16.4. The van der Waals surface area contributed by atoms with Gasteiger partial charge < -0.3 is 40.2 Å². The summed E-state index contributed by atoms with van der Waals surface area (Å²) in [6.45, 7) is 56.6. The van der Waals surface area contributed by atoms with Crippen molar-refractivity contribution in [2.75, 3.05) is 134 Å². The number of hydrogen-bond acceptors (Lipinski definition) is 15. The van der Waals surface area contributed by atoms with Crippen LogP contribution in [0.4, 0.5) is 0 Å². The summed E-state index contributed by atoms with van der Waals surface area (Å²) < 4.78 is 19.4. The van der Waals surface area contributed by atoms with Crippen molar-refractivity contribution < 1.29 is 18.9 Å². The first-order chi connectivity index (χ1) is 37.0. The summed E-state index contributed by atoms with van der Waals surface area (Å²) in [7, 11) is 0. The van der Waals surface area contributed by atoms with Crippen LogP contribution in [0.5, 0.6) is 0 Å². The van der Waals surface area contributed by atoms with Gasteiger partial charge in [-0.3, -0.25) is 20.0 Å². The van der Waals surface area contributed by atoms with Gasteiger partial charge in [-0.05, 0) is 63.1 Å². The van der Waals surface area contributed by atoms with E-state index in [9.17, 15) is 0 Å². The highest BCUT2D eigenvalue weighted by Crippen LogP contribution is 2.20. The van der Waals surface area contributed by atoms with E-state index in [2.05, 4.69) is 64.8 Å². The summed E-state index contributed by atoms with van der Waals surface area (Å²) >= 11 is 5.92. The van der Waals surface area contributed by atoms with Gasteiger partial charge in [0, 0.05) is 75.8 Å². The van der Waals surface area contributed by atoms with Crippen molar-refractivity contribution in [3.8, 4) is 0 Å². The van der Waals surface area contributed by atoms with Crippen molar-refractivity contribution in [1.29, 1.82) is 0 Å². The molecule has 1 saturated carbocycles. The third kappa shape index (κ3) is 124. The Morgan fingerprint density at radius 3 is 0.959 bits per heavy atom. The van der Waals surface area contributed by atoms with Crippen LogP contribution >= 0.6 is 35.3 Å². The van der Waals surface area contributed by atoms with Gasteiger partial charge in [-0.1, -0.05) is 183 Å². The van der Waals surface area contributed by atoms with Gasteiger partial charge in [0.2, 0.25) is 0 Å². The Morgan fingerprint density at radius 2 is 0.838 bits per heavy atom. The lowest BCUT2D eigenvalue weighted by Gasteiger charge is -2.11. The first-order valence-electron chi connectivity index (χ1n) is 30.9. The van der Waals surface area contributed by atoms with Gasteiger partial charge in [0.1, 0.15) is 6.79 Å². The van der Waals surface area contributed by atoms with Crippen LogP contribution in [0, 0.1) is 0 Å². The maximum absolute atomic E-state index is 4.92. The van der Waals surface area contributed by atoms with E-state index < -0.39 is 0 Å². The fourth-order valence-electron chi connectivity index (χ4n) is 5.00. The van der Waals surface area contributed by atoms with Crippen molar-refractivity contribution in [3.05, 3.63) is 0 Å². The number of piperazine rings is 1. The molecule has 4 saturated heterocycles. The molecule has 5 fully saturated rings. The number of ether oxygens (including phenoxy) is 4. The van der Waals surface area contributed by atoms with Crippen LogP contribution in [0.25, 0.3) is 0 Å². The number of hydrogen-bond donors (Lipinski definition) is 4. The molecule has 9 aliphatic rings. The van der Waals surface area contributed by atoms with Gasteiger partial charge in [0.05, 0.1) is 51.5 Å². The normalized spacial score (nSPS) is 17.2. The molecule has 0 unspecified atom stereocenters. The minimum atomic E-state index is 0.500. The van der Waals surface area contributed by atoms with E-state index in [1.165, 1.54) is 119 Å². The van der Waals surface area contributed by atoms with Crippen LogP contribution in [0.15, 0.2) is 20.0 Å². The lowest BCUT2D eigenvalue weighted by molar-refractivity contribution is -0.0963. The van der Waals surface area contributed by atoms with Crippen LogP contribution < -0.4 is 21.3 Å². The maximum Gasteiger partial charge on any atom is 0.169 e. The summed E-state index contributed by atoms with van der Waals surface area (Å²) in [5, 5.41) is 14.1. The van der Waals surface area contributed by atoms with Gasteiger partial charge >= 0.3 is 0 Å². The number of thioether (sulfide) groups is 3. The number of nitrogens with zero attached hydrogens (tertiary/aromatic N) is 4. The molecule has 12 nitrogen and oxygen atoms in total. The van der Waals surface area contributed by atoms with E-state index in [1.54, 1.807) is 24.3 Å². The van der Waals surface area contributed by atoms with Crippen molar-refractivity contribution in [1.82, 2.24) is 21.3 Å². The molecule has 8 heterocycles.